The van der Waals surface area contributed by atoms with Crippen molar-refractivity contribution in [2.75, 3.05) is 32.1 Å². The van der Waals surface area contributed by atoms with E-state index in [1.165, 1.54) is 24.5 Å². The number of carbonyl (C=O) groups excluding carboxylic acids is 1. The van der Waals surface area contributed by atoms with Gasteiger partial charge in [0, 0.05) is 38.9 Å². The summed E-state index contributed by atoms with van der Waals surface area (Å²) in [6.45, 7) is 1.81. The van der Waals surface area contributed by atoms with Crippen LogP contribution in [0.25, 0.3) is 0 Å². The molecule has 1 N–H and O–H groups in total. The Morgan fingerprint density at radius 2 is 1.76 bits per heavy atom. The van der Waals surface area contributed by atoms with Gasteiger partial charge in [0.05, 0.1) is 10.5 Å². The summed E-state index contributed by atoms with van der Waals surface area (Å²) in [5.74, 6) is -0.162. The Bertz CT molecular complexity index is 734. The Kier molecular flexibility index (Phi) is 5.34. The molecule has 1 saturated heterocycles. The molecule has 138 valence electrons. The quantitative estimate of drug-likeness (QED) is 0.869. The van der Waals surface area contributed by atoms with Crippen LogP contribution in [0.1, 0.15) is 48.9 Å². The fraction of sp³-hybridized carbons (Fsp3) is 0.611. The molecule has 6 nitrogen and oxygen atoms in total. The maximum Gasteiger partial charge on any atom is 0.253 e. The molecule has 1 aromatic carbocycles. The Hall–Kier alpha value is -1.60. The lowest BCUT2D eigenvalue weighted by molar-refractivity contribution is 0.0938. The standard InChI is InChI=1S/C18H27N3O3S/c1-20(2)25(23,24)15-9-10-17(21-11-5-6-12-21)16(13-15)18(22)19-14-7-3-4-8-14/h9-10,13-14H,3-8,11-12H2,1-2H3,(H,19,22). The van der Waals surface area contributed by atoms with Crippen molar-refractivity contribution < 1.29 is 13.2 Å². The number of benzene rings is 1. The van der Waals surface area contributed by atoms with Gasteiger partial charge in [-0.05, 0) is 43.9 Å². The molecule has 2 fully saturated rings. The minimum absolute atomic E-state index is 0.162. The maximum atomic E-state index is 12.9. The van der Waals surface area contributed by atoms with Crippen molar-refractivity contribution in [3.8, 4) is 0 Å². The highest BCUT2D eigenvalue weighted by Gasteiger charge is 2.26. The molecule has 0 radical (unpaired) electrons. The minimum atomic E-state index is -3.57. The molecule has 1 aliphatic heterocycles. The van der Waals surface area contributed by atoms with Gasteiger partial charge in [0.15, 0.2) is 0 Å². The molecule has 1 saturated carbocycles. The van der Waals surface area contributed by atoms with Crippen molar-refractivity contribution >= 4 is 21.6 Å². The smallest absolute Gasteiger partial charge is 0.253 e. The summed E-state index contributed by atoms with van der Waals surface area (Å²) < 4.78 is 26.1. The zero-order valence-electron chi connectivity index (χ0n) is 15.0. The van der Waals surface area contributed by atoms with Crippen LogP contribution < -0.4 is 10.2 Å². The Balaban J connectivity index is 1.96. The van der Waals surface area contributed by atoms with Gasteiger partial charge in [-0.2, -0.15) is 0 Å². The molecule has 7 heteroatoms. The molecule has 0 aromatic heterocycles. The molecule has 1 aromatic rings. The normalized spacial score (nSPS) is 18.9. The van der Waals surface area contributed by atoms with Gasteiger partial charge in [-0.15, -0.1) is 0 Å². The van der Waals surface area contributed by atoms with Crippen LogP contribution in [0.5, 0.6) is 0 Å². The van der Waals surface area contributed by atoms with E-state index in [1.807, 2.05) is 0 Å². The topological polar surface area (TPSA) is 69.7 Å². The van der Waals surface area contributed by atoms with E-state index < -0.39 is 10.0 Å². The molecule has 1 heterocycles. The van der Waals surface area contributed by atoms with Gasteiger partial charge in [0.25, 0.3) is 5.91 Å². The molecule has 0 spiro atoms. The summed E-state index contributed by atoms with van der Waals surface area (Å²) in [6, 6.07) is 5.13. The fourth-order valence-electron chi connectivity index (χ4n) is 3.64. The fourth-order valence-corrected chi connectivity index (χ4v) is 4.56. The molecule has 25 heavy (non-hydrogen) atoms. The van der Waals surface area contributed by atoms with Crippen molar-refractivity contribution in [2.24, 2.45) is 0 Å². The number of rotatable bonds is 5. The van der Waals surface area contributed by atoms with Crippen LogP contribution in [-0.2, 0) is 10.0 Å². The van der Waals surface area contributed by atoms with Crippen molar-refractivity contribution in [1.29, 1.82) is 0 Å². The number of hydrogen-bond acceptors (Lipinski definition) is 4. The second kappa shape index (κ2) is 7.33. The second-order valence-electron chi connectivity index (χ2n) is 7.12. The van der Waals surface area contributed by atoms with E-state index in [9.17, 15) is 13.2 Å². The largest absolute Gasteiger partial charge is 0.371 e. The van der Waals surface area contributed by atoms with Crippen LogP contribution in [0.15, 0.2) is 23.1 Å². The number of amides is 1. The van der Waals surface area contributed by atoms with Crippen LogP contribution in [0.2, 0.25) is 0 Å². The maximum absolute atomic E-state index is 12.9. The van der Waals surface area contributed by atoms with Gasteiger partial charge < -0.3 is 10.2 Å². The summed E-state index contributed by atoms with van der Waals surface area (Å²) in [7, 11) is -0.562. The number of sulfonamides is 1. The third kappa shape index (κ3) is 3.82. The summed E-state index contributed by atoms with van der Waals surface area (Å²) in [5.41, 5.74) is 1.31. The van der Waals surface area contributed by atoms with E-state index in [1.54, 1.807) is 12.1 Å². The lowest BCUT2D eigenvalue weighted by Gasteiger charge is -2.23. The highest BCUT2D eigenvalue weighted by atomic mass is 32.2. The van der Waals surface area contributed by atoms with Gasteiger partial charge in [-0.1, -0.05) is 12.8 Å². The summed E-state index contributed by atoms with van der Waals surface area (Å²) in [4.78, 5) is 15.2. The highest BCUT2D eigenvalue weighted by molar-refractivity contribution is 7.89. The van der Waals surface area contributed by atoms with Crippen LogP contribution in [-0.4, -0.2) is 51.9 Å². The Morgan fingerprint density at radius 1 is 1.12 bits per heavy atom. The first kappa shape index (κ1) is 18.2. The third-order valence-corrected chi connectivity index (χ3v) is 6.94. The zero-order chi connectivity index (χ0) is 18.0. The number of nitrogens with one attached hydrogen (secondary N) is 1. The van der Waals surface area contributed by atoms with Crippen molar-refractivity contribution in [3.63, 3.8) is 0 Å². The molecule has 0 bridgehead atoms. The van der Waals surface area contributed by atoms with Crippen LogP contribution in [0.3, 0.4) is 0 Å². The Morgan fingerprint density at radius 3 is 2.36 bits per heavy atom. The summed E-state index contributed by atoms with van der Waals surface area (Å²) in [6.07, 6.45) is 6.47. The molecule has 1 aliphatic carbocycles. The van der Waals surface area contributed by atoms with E-state index in [0.29, 0.717) is 5.56 Å². The predicted octanol–water partition coefficient (Wildman–Crippen LogP) is 2.21. The van der Waals surface area contributed by atoms with E-state index in [0.717, 1.165) is 57.3 Å². The van der Waals surface area contributed by atoms with E-state index in [4.69, 9.17) is 0 Å². The average molecular weight is 365 g/mol. The molecule has 0 unspecified atom stereocenters. The third-order valence-electron chi connectivity index (χ3n) is 5.13. The first-order chi connectivity index (χ1) is 11.9. The van der Waals surface area contributed by atoms with Crippen LogP contribution >= 0.6 is 0 Å². The van der Waals surface area contributed by atoms with E-state index in [-0.39, 0.29) is 16.8 Å². The van der Waals surface area contributed by atoms with Gasteiger partial charge in [0.2, 0.25) is 10.0 Å². The number of nitrogens with zero attached hydrogens (tertiary/aromatic N) is 2. The van der Waals surface area contributed by atoms with E-state index in [2.05, 4.69) is 10.2 Å². The van der Waals surface area contributed by atoms with Crippen molar-refractivity contribution in [2.45, 2.75) is 49.5 Å². The number of hydrogen-bond donors (Lipinski definition) is 1. The monoisotopic (exact) mass is 365 g/mol. The first-order valence-electron chi connectivity index (χ1n) is 9.02. The second-order valence-corrected chi connectivity index (χ2v) is 9.27. The van der Waals surface area contributed by atoms with Crippen molar-refractivity contribution in [3.05, 3.63) is 23.8 Å². The minimum Gasteiger partial charge on any atom is -0.371 e. The molecular formula is C18H27N3O3S. The van der Waals surface area contributed by atoms with Gasteiger partial charge in [-0.25, -0.2) is 12.7 Å². The summed E-state index contributed by atoms with van der Waals surface area (Å²) >= 11 is 0. The molecular weight excluding hydrogens is 338 g/mol. The Labute approximate surface area is 150 Å². The number of anilines is 1. The molecule has 2 aliphatic rings. The SMILES string of the molecule is CN(C)S(=O)(=O)c1ccc(N2CCCC2)c(C(=O)NC2CCCC2)c1. The lowest BCUT2D eigenvalue weighted by Crippen LogP contribution is -2.34. The van der Waals surface area contributed by atoms with Gasteiger partial charge in [0.1, 0.15) is 0 Å². The predicted molar refractivity (Wildman–Crippen MR) is 98.5 cm³/mol. The van der Waals surface area contributed by atoms with Crippen LogP contribution in [0.4, 0.5) is 5.69 Å². The zero-order valence-corrected chi connectivity index (χ0v) is 15.8. The average Bonchev–Trinajstić information content (AvgIpc) is 3.27. The molecule has 1 amide bonds. The van der Waals surface area contributed by atoms with E-state index >= 15 is 0 Å². The van der Waals surface area contributed by atoms with Gasteiger partial charge >= 0.3 is 0 Å². The van der Waals surface area contributed by atoms with Crippen molar-refractivity contribution in [1.82, 2.24) is 9.62 Å². The van der Waals surface area contributed by atoms with Gasteiger partial charge in [-0.3, -0.25) is 4.79 Å². The summed E-state index contributed by atoms with van der Waals surface area (Å²) in [5, 5.41) is 3.09. The number of carbonyl (C=O) groups is 1. The first-order valence-corrected chi connectivity index (χ1v) is 10.5. The lowest BCUT2D eigenvalue weighted by atomic mass is 10.1. The van der Waals surface area contributed by atoms with Crippen LogP contribution in [0, 0.1) is 0 Å². The molecule has 3 rings (SSSR count). The molecule has 0 atom stereocenters. The highest BCUT2D eigenvalue weighted by Crippen LogP contribution is 2.29.